The first-order chi connectivity index (χ1) is 7.40. The Labute approximate surface area is 94.7 Å². The summed E-state index contributed by atoms with van der Waals surface area (Å²) in [5, 5.41) is 0. The first-order valence-electron chi connectivity index (χ1n) is 4.89. The molecule has 0 bridgehead atoms. The SMILES string of the molecule is CNSc1cccc(-c2ccccc2)c1. The van der Waals surface area contributed by atoms with E-state index in [2.05, 4.69) is 53.3 Å². The fraction of sp³-hybridized carbons (Fsp3) is 0.0769. The van der Waals surface area contributed by atoms with Crippen LogP contribution in [0.25, 0.3) is 11.1 Å². The Morgan fingerprint density at radius 2 is 1.60 bits per heavy atom. The lowest BCUT2D eigenvalue weighted by Gasteiger charge is -2.04. The fourth-order valence-electron chi connectivity index (χ4n) is 1.49. The van der Waals surface area contributed by atoms with E-state index in [0.29, 0.717) is 0 Å². The van der Waals surface area contributed by atoms with E-state index in [1.807, 2.05) is 13.1 Å². The molecule has 2 aromatic carbocycles. The van der Waals surface area contributed by atoms with Crippen LogP contribution >= 0.6 is 11.9 Å². The lowest BCUT2D eigenvalue weighted by atomic mass is 10.1. The van der Waals surface area contributed by atoms with E-state index in [-0.39, 0.29) is 0 Å². The molecule has 2 rings (SSSR count). The van der Waals surface area contributed by atoms with E-state index in [0.717, 1.165) is 0 Å². The zero-order chi connectivity index (χ0) is 10.5. The van der Waals surface area contributed by atoms with Gasteiger partial charge in [-0.3, -0.25) is 4.72 Å². The van der Waals surface area contributed by atoms with Gasteiger partial charge in [0.05, 0.1) is 0 Å². The van der Waals surface area contributed by atoms with Crippen LogP contribution in [-0.4, -0.2) is 7.05 Å². The summed E-state index contributed by atoms with van der Waals surface area (Å²) < 4.78 is 3.08. The highest BCUT2D eigenvalue weighted by Gasteiger charge is 1.97. The Balaban J connectivity index is 2.33. The van der Waals surface area contributed by atoms with Gasteiger partial charge in [0, 0.05) is 4.90 Å². The van der Waals surface area contributed by atoms with Gasteiger partial charge in [0.15, 0.2) is 0 Å². The summed E-state index contributed by atoms with van der Waals surface area (Å²) in [6.07, 6.45) is 0. The van der Waals surface area contributed by atoms with Crippen LogP contribution < -0.4 is 4.72 Å². The first-order valence-corrected chi connectivity index (χ1v) is 5.71. The van der Waals surface area contributed by atoms with Crippen LogP contribution in [-0.2, 0) is 0 Å². The molecule has 0 unspecified atom stereocenters. The lowest BCUT2D eigenvalue weighted by molar-refractivity contribution is 1.28. The molecule has 1 N–H and O–H groups in total. The topological polar surface area (TPSA) is 12.0 Å². The maximum atomic E-state index is 3.08. The van der Waals surface area contributed by atoms with Crippen molar-refractivity contribution in [2.24, 2.45) is 0 Å². The second-order valence-corrected chi connectivity index (χ2v) is 4.28. The quantitative estimate of drug-likeness (QED) is 0.785. The summed E-state index contributed by atoms with van der Waals surface area (Å²) in [7, 11) is 1.93. The highest BCUT2D eigenvalue weighted by molar-refractivity contribution is 7.97. The Hall–Kier alpha value is -1.25. The molecule has 2 aromatic rings. The Kier molecular flexibility index (Phi) is 3.43. The minimum Gasteiger partial charge on any atom is -0.263 e. The molecule has 2 heteroatoms. The molecule has 0 aromatic heterocycles. The number of benzene rings is 2. The van der Waals surface area contributed by atoms with E-state index in [4.69, 9.17) is 0 Å². The zero-order valence-electron chi connectivity index (χ0n) is 8.60. The summed E-state index contributed by atoms with van der Waals surface area (Å²) in [5.41, 5.74) is 2.52. The van der Waals surface area contributed by atoms with Crippen molar-refractivity contribution in [3.05, 3.63) is 54.6 Å². The molecule has 0 amide bonds. The molecule has 1 nitrogen and oxygen atoms in total. The van der Waals surface area contributed by atoms with Gasteiger partial charge in [0.2, 0.25) is 0 Å². The van der Waals surface area contributed by atoms with E-state index in [9.17, 15) is 0 Å². The summed E-state index contributed by atoms with van der Waals surface area (Å²) >= 11 is 1.63. The van der Waals surface area contributed by atoms with Crippen molar-refractivity contribution < 1.29 is 0 Å². The Morgan fingerprint density at radius 3 is 2.33 bits per heavy atom. The molecule has 0 aliphatic carbocycles. The van der Waals surface area contributed by atoms with Crippen LogP contribution in [0.3, 0.4) is 0 Å². The average Bonchev–Trinajstić information content (AvgIpc) is 2.31. The molecular weight excluding hydrogens is 202 g/mol. The third-order valence-corrected chi connectivity index (χ3v) is 2.85. The van der Waals surface area contributed by atoms with Crippen LogP contribution in [0.2, 0.25) is 0 Å². The summed E-state index contributed by atoms with van der Waals surface area (Å²) in [4.78, 5) is 1.24. The molecule has 0 aliphatic rings. The van der Waals surface area contributed by atoms with Crippen LogP contribution in [0.5, 0.6) is 0 Å². The predicted octanol–water partition coefficient (Wildman–Crippen LogP) is 3.58. The lowest BCUT2D eigenvalue weighted by Crippen LogP contribution is -1.90. The minimum atomic E-state index is 1.24. The highest BCUT2D eigenvalue weighted by Crippen LogP contribution is 2.23. The average molecular weight is 215 g/mol. The molecule has 15 heavy (non-hydrogen) atoms. The van der Waals surface area contributed by atoms with Crippen LogP contribution in [0, 0.1) is 0 Å². The summed E-state index contributed by atoms with van der Waals surface area (Å²) in [6, 6.07) is 18.9. The second-order valence-electron chi connectivity index (χ2n) is 3.20. The number of rotatable bonds is 3. The summed E-state index contributed by atoms with van der Waals surface area (Å²) in [5.74, 6) is 0. The molecule has 0 heterocycles. The monoisotopic (exact) mass is 215 g/mol. The zero-order valence-corrected chi connectivity index (χ0v) is 9.42. The van der Waals surface area contributed by atoms with E-state index in [1.165, 1.54) is 16.0 Å². The number of nitrogens with one attached hydrogen (secondary N) is 1. The standard InChI is InChI=1S/C13H13NS/c1-14-15-13-9-5-8-12(10-13)11-6-3-2-4-7-11/h2-10,14H,1H3. The number of hydrogen-bond acceptors (Lipinski definition) is 2. The van der Waals surface area contributed by atoms with Crippen LogP contribution in [0.4, 0.5) is 0 Å². The first kappa shape index (κ1) is 10.3. The molecule has 0 saturated carbocycles. The van der Waals surface area contributed by atoms with Crippen molar-refractivity contribution in [1.29, 1.82) is 0 Å². The highest BCUT2D eigenvalue weighted by atomic mass is 32.2. The Bertz CT molecular complexity index is 426. The van der Waals surface area contributed by atoms with Gasteiger partial charge in [0.1, 0.15) is 0 Å². The van der Waals surface area contributed by atoms with Crippen molar-refractivity contribution in [3.63, 3.8) is 0 Å². The maximum Gasteiger partial charge on any atom is 0.0234 e. The Morgan fingerprint density at radius 1 is 0.867 bits per heavy atom. The molecular formula is C13H13NS. The third-order valence-electron chi connectivity index (χ3n) is 2.16. The van der Waals surface area contributed by atoms with E-state index in [1.54, 1.807) is 11.9 Å². The molecule has 0 spiro atoms. The normalized spacial score (nSPS) is 10.2. The maximum absolute atomic E-state index is 3.08. The van der Waals surface area contributed by atoms with Crippen molar-refractivity contribution in [2.45, 2.75) is 4.90 Å². The van der Waals surface area contributed by atoms with Crippen molar-refractivity contribution >= 4 is 11.9 Å². The van der Waals surface area contributed by atoms with Gasteiger partial charge in [0.25, 0.3) is 0 Å². The predicted molar refractivity (Wildman–Crippen MR) is 66.8 cm³/mol. The van der Waals surface area contributed by atoms with E-state index < -0.39 is 0 Å². The molecule has 0 atom stereocenters. The van der Waals surface area contributed by atoms with Crippen molar-refractivity contribution in [2.75, 3.05) is 7.05 Å². The molecule has 0 saturated heterocycles. The van der Waals surface area contributed by atoms with Crippen molar-refractivity contribution in [1.82, 2.24) is 4.72 Å². The molecule has 0 fully saturated rings. The van der Waals surface area contributed by atoms with Crippen LogP contribution in [0.1, 0.15) is 0 Å². The minimum absolute atomic E-state index is 1.24. The molecule has 0 aliphatic heterocycles. The van der Waals surface area contributed by atoms with Gasteiger partial charge in [-0.05, 0) is 42.3 Å². The largest absolute Gasteiger partial charge is 0.263 e. The van der Waals surface area contributed by atoms with Gasteiger partial charge in [-0.2, -0.15) is 0 Å². The molecule has 76 valence electrons. The van der Waals surface area contributed by atoms with Gasteiger partial charge in [-0.1, -0.05) is 42.5 Å². The molecule has 0 radical (unpaired) electrons. The summed E-state index contributed by atoms with van der Waals surface area (Å²) in [6.45, 7) is 0. The smallest absolute Gasteiger partial charge is 0.0234 e. The van der Waals surface area contributed by atoms with Gasteiger partial charge in [-0.15, -0.1) is 0 Å². The van der Waals surface area contributed by atoms with Crippen LogP contribution in [0.15, 0.2) is 59.5 Å². The third kappa shape index (κ3) is 2.61. The number of hydrogen-bond donors (Lipinski definition) is 1. The van der Waals surface area contributed by atoms with Crippen molar-refractivity contribution in [3.8, 4) is 11.1 Å². The van der Waals surface area contributed by atoms with Gasteiger partial charge >= 0.3 is 0 Å². The van der Waals surface area contributed by atoms with Gasteiger partial charge < -0.3 is 0 Å². The second kappa shape index (κ2) is 5.01. The van der Waals surface area contributed by atoms with Gasteiger partial charge in [-0.25, -0.2) is 0 Å². The van der Waals surface area contributed by atoms with E-state index >= 15 is 0 Å². The fourth-order valence-corrected chi connectivity index (χ4v) is 2.06.